The molecule has 70 valence electrons. The zero-order valence-corrected chi connectivity index (χ0v) is 7.51. The van der Waals surface area contributed by atoms with Gasteiger partial charge in [0.25, 0.3) is 5.69 Å². The van der Waals surface area contributed by atoms with E-state index >= 15 is 0 Å². The number of benzene rings is 1. The average molecular weight is 203 g/mol. The van der Waals surface area contributed by atoms with Gasteiger partial charge in [0.05, 0.1) is 11.0 Å². The van der Waals surface area contributed by atoms with E-state index in [9.17, 15) is 19.1 Å². The van der Waals surface area contributed by atoms with E-state index in [1.807, 2.05) is 0 Å². The highest BCUT2D eigenvalue weighted by Crippen LogP contribution is 2.20. The number of hydrogen-bond acceptors (Lipinski definition) is 3. The van der Waals surface area contributed by atoms with Crippen molar-refractivity contribution in [1.82, 2.24) is 0 Å². The molecule has 1 aromatic rings. The Bertz CT molecular complexity index is 343. The molecule has 0 N–H and O–H groups in total. The SMILES string of the molecule is C[S+]([O-])c1cc([N+](=O)[O-])ccc1F. The molecule has 0 aliphatic heterocycles. The van der Waals surface area contributed by atoms with Crippen LogP contribution in [0.4, 0.5) is 10.1 Å². The topological polar surface area (TPSA) is 66.2 Å². The van der Waals surface area contributed by atoms with Gasteiger partial charge >= 0.3 is 0 Å². The summed E-state index contributed by atoms with van der Waals surface area (Å²) in [5, 5.41) is 10.3. The van der Waals surface area contributed by atoms with Gasteiger partial charge in [0.2, 0.25) is 0 Å². The highest BCUT2D eigenvalue weighted by molar-refractivity contribution is 7.90. The summed E-state index contributed by atoms with van der Waals surface area (Å²) in [6, 6.07) is 2.95. The summed E-state index contributed by atoms with van der Waals surface area (Å²) in [5.74, 6) is -0.688. The Morgan fingerprint density at radius 1 is 1.54 bits per heavy atom. The van der Waals surface area contributed by atoms with Crippen molar-refractivity contribution in [2.24, 2.45) is 0 Å². The van der Waals surface area contributed by atoms with E-state index in [4.69, 9.17) is 0 Å². The van der Waals surface area contributed by atoms with Crippen molar-refractivity contribution in [3.05, 3.63) is 34.1 Å². The fraction of sp³-hybridized carbons (Fsp3) is 0.143. The van der Waals surface area contributed by atoms with Gasteiger partial charge in [-0.3, -0.25) is 10.1 Å². The van der Waals surface area contributed by atoms with Gasteiger partial charge in [-0.2, -0.15) is 0 Å². The van der Waals surface area contributed by atoms with Gasteiger partial charge < -0.3 is 4.55 Å². The first-order valence-corrected chi connectivity index (χ1v) is 4.85. The normalized spacial score (nSPS) is 12.5. The van der Waals surface area contributed by atoms with E-state index in [1.54, 1.807) is 0 Å². The van der Waals surface area contributed by atoms with Crippen molar-refractivity contribution in [3.8, 4) is 0 Å². The van der Waals surface area contributed by atoms with Gasteiger partial charge in [0.1, 0.15) is 6.26 Å². The summed E-state index contributed by atoms with van der Waals surface area (Å²) >= 11 is -1.55. The third-order valence-corrected chi connectivity index (χ3v) is 2.37. The lowest BCUT2D eigenvalue weighted by Crippen LogP contribution is -2.01. The number of non-ortho nitro benzene ring substituents is 1. The summed E-state index contributed by atoms with van der Waals surface area (Å²) in [7, 11) is 0. The Hall–Kier alpha value is -1.14. The van der Waals surface area contributed by atoms with Crippen LogP contribution in [0.2, 0.25) is 0 Å². The molecule has 0 aromatic heterocycles. The molecule has 0 bridgehead atoms. The van der Waals surface area contributed by atoms with E-state index in [2.05, 4.69) is 0 Å². The van der Waals surface area contributed by atoms with E-state index in [1.165, 1.54) is 6.26 Å². The number of nitro benzene ring substituents is 1. The first-order valence-electron chi connectivity index (χ1n) is 3.29. The third kappa shape index (κ3) is 2.16. The molecule has 1 atom stereocenters. The number of hydrogen-bond donors (Lipinski definition) is 0. The van der Waals surface area contributed by atoms with Gasteiger partial charge in [-0.25, -0.2) is 4.39 Å². The summed E-state index contributed by atoms with van der Waals surface area (Å²) in [6.45, 7) is 0. The van der Waals surface area contributed by atoms with Crippen LogP contribution in [-0.2, 0) is 11.2 Å². The summed E-state index contributed by atoms with van der Waals surface area (Å²) in [6.07, 6.45) is 1.27. The Labute approximate surface area is 76.7 Å². The Morgan fingerprint density at radius 3 is 2.62 bits per heavy atom. The number of nitro groups is 1. The van der Waals surface area contributed by atoms with Crippen molar-refractivity contribution in [3.63, 3.8) is 0 Å². The van der Waals surface area contributed by atoms with Crippen molar-refractivity contribution < 1.29 is 13.9 Å². The second-order valence-electron chi connectivity index (χ2n) is 2.33. The highest BCUT2D eigenvalue weighted by atomic mass is 32.2. The number of rotatable bonds is 2. The van der Waals surface area contributed by atoms with Crippen molar-refractivity contribution in [2.75, 3.05) is 6.26 Å². The fourth-order valence-electron chi connectivity index (χ4n) is 0.826. The highest BCUT2D eigenvalue weighted by Gasteiger charge is 2.17. The van der Waals surface area contributed by atoms with Crippen LogP contribution in [0.5, 0.6) is 0 Å². The summed E-state index contributed by atoms with van der Waals surface area (Å²) < 4.78 is 23.8. The minimum absolute atomic E-state index is 0.144. The second-order valence-corrected chi connectivity index (χ2v) is 3.67. The quantitative estimate of drug-likeness (QED) is 0.415. The maximum absolute atomic E-state index is 12.9. The van der Waals surface area contributed by atoms with E-state index in [0.717, 1.165) is 18.2 Å². The molecule has 0 aliphatic rings. The van der Waals surface area contributed by atoms with E-state index in [0.29, 0.717) is 0 Å². The van der Waals surface area contributed by atoms with E-state index in [-0.39, 0.29) is 10.6 Å². The standard InChI is InChI=1S/C7H6FNO3S/c1-13(12)7-4-5(9(10)11)2-3-6(7)8/h2-4H,1H3. The molecule has 1 unspecified atom stereocenters. The Balaban J connectivity index is 3.19. The second kappa shape index (κ2) is 3.71. The van der Waals surface area contributed by atoms with Crippen LogP contribution in [0.25, 0.3) is 0 Å². The molecule has 0 heterocycles. The lowest BCUT2D eigenvalue weighted by Gasteiger charge is -2.03. The van der Waals surface area contributed by atoms with Crippen LogP contribution in [0.15, 0.2) is 23.1 Å². The molecule has 1 rings (SSSR count). The van der Waals surface area contributed by atoms with Gasteiger partial charge in [-0.1, -0.05) is 0 Å². The first-order chi connectivity index (χ1) is 6.02. The molecule has 0 saturated carbocycles. The lowest BCUT2D eigenvalue weighted by atomic mass is 10.3. The van der Waals surface area contributed by atoms with Crippen LogP contribution < -0.4 is 0 Å². The zero-order valence-electron chi connectivity index (χ0n) is 6.69. The maximum Gasteiger partial charge on any atom is 0.274 e. The lowest BCUT2D eigenvalue weighted by molar-refractivity contribution is -0.385. The predicted molar refractivity (Wildman–Crippen MR) is 45.4 cm³/mol. The third-order valence-electron chi connectivity index (χ3n) is 1.44. The average Bonchev–Trinajstić information content (AvgIpc) is 2.04. The van der Waals surface area contributed by atoms with Gasteiger partial charge in [0.15, 0.2) is 10.7 Å². The summed E-state index contributed by atoms with van der Waals surface area (Å²) in [5.41, 5.74) is -0.258. The Kier molecular flexibility index (Phi) is 2.84. The smallest absolute Gasteiger partial charge is 0.274 e. The number of halogens is 1. The van der Waals surface area contributed by atoms with E-state index < -0.39 is 21.9 Å². The fourth-order valence-corrected chi connectivity index (χ4v) is 1.46. The van der Waals surface area contributed by atoms with Crippen LogP contribution in [0.3, 0.4) is 0 Å². The minimum Gasteiger partial charge on any atom is -0.612 e. The molecule has 0 spiro atoms. The molecular formula is C7H6FNO3S. The molecule has 0 saturated heterocycles. The maximum atomic E-state index is 12.9. The molecule has 6 heteroatoms. The Morgan fingerprint density at radius 2 is 2.15 bits per heavy atom. The van der Waals surface area contributed by atoms with Crippen molar-refractivity contribution in [2.45, 2.75) is 4.90 Å². The van der Waals surface area contributed by atoms with Crippen LogP contribution in [0.1, 0.15) is 0 Å². The molecule has 4 nitrogen and oxygen atoms in total. The molecule has 0 amide bonds. The molecule has 0 radical (unpaired) electrons. The first kappa shape index (κ1) is 9.94. The van der Waals surface area contributed by atoms with Crippen molar-refractivity contribution >= 4 is 16.9 Å². The van der Waals surface area contributed by atoms with Gasteiger partial charge in [-0.05, 0) is 17.2 Å². The van der Waals surface area contributed by atoms with Gasteiger partial charge in [-0.15, -0.1) is 0 Å². The molecular weight excluding hydrogens is 197 g/mol. The minimum atomic E-state index is -1.55. The molecule has 0 aliphatic carbocycles. The molecule has 0 fully saturated rings. The predicted octanol–water partition coefficient (Wildman–Crippen LogP) is 1.47. The zero-order chi connectivity index (χ0) is 10.0. The largest absolute Gasteiger partial charge is 0.612 e. The molecule has 13 heavy (non-hydrogen) atoms. The number of nitrogens with zero attached hydrogens (tertiary/aromatic N) is 1. The molecule has 1 aromatic carbocycles. The van der Waals surface area contributed by atoms with Crippen LogP contribution in [0, 0.1) is 15.9 Å². The van der Waals surface area contributed by atoms with Gasteiger partial charge in [0, 0.05) is 6.07 Å². The van der Waals surface area contributed by atoms with Crippen LogP contribution >= 0.6 is 0 Å². The van der Waals surface area contributed by atoms with Crippen LogP contribution in [-0.4, -0.2) is 15.7 Å². The monoisotopic (exact) mass is 203 g/mol. The van der Waals surface area contributed by atoms with Crippen molar-refractivity contribution in [1.29, 1.82) is 0 Å². The summed E-state index contributed by atoms with van der Waals surface area (Å²) in [4.78, 5) is 9.47.